The van der Waals surface area contributed by atoms with Crippen molar-refractivity contribution in [3.05, 3.63) is 224 Å². The van der Waals surface area contributed by atoms with Crippen LogP contribution in [0, 0.1) is 37.0 Å². The Kier molecular flexibility index (Phi) is 17.7. The summed E-state index contributed by atoms with van der Waals surface area (Å²) in [6.45, 7) is -0.465. The van der Waals surface area contributed by atoms with Crippen LogP contribution in [-0.2, 0) is 34.9 Å². The fourth-order valence-electron chi connectivity index (χ4n) is 11.3. The number of nitrogen functional groups attached to an aromatic ring is 1. The summed E-state index contributed by atoms with van der Waals surface area (Å²) in [5, 5.41) is 64.8. The average molecular weight is 1320 g/mol. The molecule has 0 atom stereocenters. The lowest BCUT2D eigenvalue weighted by molar-refractivity contribution is 0.0214. The van der Waals surface area contributed by atoms with Crippen molar-refractivity contribution in [2.75, 3.05) is 36.2 Å². The van der Waals surface area contributed by atoms with E-state index in [9.17, 15) is 64.2 Å². The minimum Gasteiger partial charge on any atom is -0.508 e. The number of hydrogen-bond donors (Lipinski definition) is 9. The summed E-state index contributed by atoms with van der Waals surface area (Å²) in [5.41, 5.74) is 8.56. The molecule has 2 amide bonds. The Morgan fingerprint density at radius 3 is 1.38 bits per heavy atom. The topological polar surface area (TPSA) is 369 Å². The van der Waals surface area contributed by atoms with Gasteiger partial charge in [0.15, 0.2) is 36.5 Å². The van der Waals surface area contributed by atoms with E-state index in [0.29, 0.717) is 83.9 Å². The molecule has 8 aromatic rings. The maximum atomic E-state index is 13.0. The normalized spacial score (nSPS) is 12.9. The van der Waals surface area contributed by atoms with Crippen molar-refractivity contribution in [2.45, 2.75) is 11.2 Å². The van der Waals surface area contributed by atoms with Gasteiger partial charge in [0, 0.05) is 115 Å². The van der Waals surface area contributed by atoms with Gasteiger partial charge < -0.3 is 73.9 Å². The van der Waals surface area contributed by atoms with Gasteiger partial charge in [0.2, 0.25) is 0 Å². The molecule has 2 spiro atoms. The highest BCUT2D eigenvalue weighted by Gasteiger charge is 2.55. The number of fused-ring (bicyclic) bond motifs is 14. The predicted molar refractivity (Wildman–Crippen MR) is 347 cm³/mol. The standard InChI is InChI=1S/2C24H15NO7.C20H13NO5.C4H3ClO2/c1-2-9-30-23(29)25-13-3-6-17-16(10-13)22(28)32-24(17)18-7-4-14(26)11-20(18)31-21-12-15(27)5-8-19(21)24;1-2-9-31-24(30)25-13-3-6-16(19(10-13)23(28)29)22-17-7-4-14(26)11-20(17)32-21-12-15(27)5-8-18(21)22;21-10-1-4-14-13(7-10)19(24)26-20(14)15-5-2-11(22)8-17(15)25-18-9-12(23)3-6-16(18)20;1-2-3-7-4(5)6/h1,3-8,10-12,26-27H,9H2,(H,25,29);1,3-8,10-12,26H,9H2,(H,25,30)(H,28,29);1-9,22-23H,21H2;1H,3H2. The molecule has 5 aliphatic heterocycles. The molecule has 0 aromatic heterocycles. The van der Waals surface area contributed by atoms with Crippen LogP contribution >= 0.6 is 11.6 Å². The molecule has 0 bridgehead atoms. The second kappa shape index (κ2) is 26.5. The van der Waals surface area contributed by atoms with Crippen molar-refractivity contribution < 1.29 is 97.0 Å². The van der Waals surface area contributed by atoms with Crippen molar-refractivity contribution in [3.63, 3.8) is 0 Å². The van der Waals surface area contributed by atoms with Gasteiger partial charge in [-0.2, -0.15) is 0 Å². The number of aromatic carboxylic acids is 1. The first-order chi connectivity index (χ1) is 46.5. The molecule has 25 heteroatoms. The van der Waals surface area contributed by atoms with E-state index in [2.05, 4.69) is 33.1 Å². The lowest BCUT2D eigenvalue weighted by atomic mass is 9.77. The summed E-state index contributed by atoms with van der Waals surface area (Å²) in [6.07, 6.45) is 13.3. The van der Waals surface area contributed by atoms with Crippen LogP contribution in [0.2, 0.25) is 0 Å². The van der Waals surface area contributed by atoms with E-state index >= 15 is 0 Å². The summed E-state index contributed by atoms with van der Waals surface area (Å²) in [6, 6.07) is 41.0. The van der Waals surface area contributed by atoms with Crippen LogP contribution in [0.1, 0.15) is 64.5 Å². The quantitative estimate of drug-likeness (QED) is 0.0179. The maximum Gasteiger partial charge on any atom is 0.412 e. The Hall–Kier alpha value is -13.8. The van der Waals surface area contributed by atoms with Gasteiger partial charge in [0.1, 0.15) is 63.1 Å². The highest BCUT2D eigenvalue weighted by Crippen LogP contribution is 2.59. The number of carbonyl (C=O) groups excluding carboxylic acids is 5. The molecule has 0 unspecified atom stereocenters. The molecule has 0 radical (unpaired) electrons. The molecule has 1 aliphatic carbocycles. The zero-order chi connectivity index (χ0) is 69.0. The summed E-state index contributed by atoms with van der Waals surface area (Å²) in [7, 11) is 0. The van der Waals surface area contributed by atoms with Gasteiger partial charge in [-0.15, -0.1) is 19.3 Å². The molecule has 14 rings (SSSR count). The highest BCUT2D eigenvalue weighted by atomic mass is 35.5. The Morgan fingerprint density at radius 1 is 0.485 bits per heavy atom. The van der Waals surface area contributed by atoms with Crippen LogP contribution in [0.15, 0.2) is 173 Å². The summed E-state index contributed by atoms with van der Waals surface area (Å²) >= 11 is 4.70. The average Bonchev–Trinajstić information content (AvgIpc) is 1.61. The number of carbonyl (C=O) groups is 6. The van der Waals surface area contributed by atoms with E-state index in [1.54, 1.807) is 66.7 Å². The molecule has 8 aromatic carbocycles. The number of benzene rings is 9. The van der Waals surface area contributed by atoms with Crippen molar-refractivity contribution >= 4 is 75.2 Å². The van der Waals surface area contributed by atoms with Gasteiger partial charge in [-0.05, 0) is 115 Å². The van der Waals surface area contributed by atoms with Gasteiger partial charge in [0.25, 0.3) is 0 Å². The predicted octanol–water partition coefficient (Wildman–Crippen LogP) is 12.2. The number of rotatable bonds is 7. The third-order valence-electron chi connectivity index (χ3n) is 15.1. The number of phenolic OH excluding ortho intramolecular Hbond substituents is 5. The van der Waals surface area contributed by atoms with Gasteiger partial charge in [-0.25, -0.2) is 28.8 Å². The Morgan fingerprint density at radius 2 is 0.907 bits per heavy atom. The minimum absolute atomic E-state index is 0.0179. The van der Waals surface area contributed by atoms with Crippen LogP contribution in [0.4, 0.5) is 31.4 Å². The molecule has 0 saturated heterocycles. The molecular formula is C72H46ClN3O21. The number of nitrogens with one attached hydrogen (secondary N) is 2. The number of hydrogen-bond acceptors (Lipinski definition) is 21. The molecule has 0 fully saturated rings. The third-order valence-corrected chi connectivity index (χ3v) is 15.2. The molecule has 0 saturated carbocycles. The first kappa shape index (κ1) is 64.8. The van der Waals surface area contributed by atoms with Crippen molar-refractivity contribution in [1.29, 1.82) is 0 Å². The number of terminal acetylenes is 3. The number of nitrogens with two attached hydrogens (primary N) is 1. The molecule has 97 heavy (non-hydrogen) atoms. The van der Waals surface area contributed by atoms with Gasteiger partial charge >= 0.3 is 35.5 Å². The number of carboxylic acids is 1. The number of anilines is 3. The number of esters is 2. The zero-order valence-corrected chi connectivity index (χ0v) is 50.5. The highest BCUT2D eigenvalue weighted by molar-refractivity contribution is 6.61. The van der Waals surface area contributed by atoms with Crippen LogP contribution in [-0.4, -0.2) is 86.0 Å². The first-order valence-electron chi connectivity index (χ1n) is 28.3. The fourth-order valence-corrected chi connectivity index (χ4v) is 11.3. The van der Waals surface area contributed by atoms with E-state index in [1.165, 1.54) is 97.1 Å². The van der Waals surface area contributed by atoms with Gasteiger partial charge in [-0.3, -0.25) is 15.4 Å². The molecule has 10 N–H and O–H groups in total. The monoisotopic (exact) mass is 1320 g/mol. The van der Waals surface area contributed by atoms with Crippen molar-refractivity contribution in [3.8, 4) is 111 Å². The van der Waals surface area contributed by atoms with Crippen molar-refractivity contribution in [1.82, 2.24) is 0 Å². The van der Waals surface area contributed by atoms with Crippen LogP contribution in [0.3, 0.4) is 0 Å². The Balaban J connectivity index is 0.000000141. The van der Waals surface area contributed by atoms with Crippen LogP contribution in [0.25, 0.3) is 33.4 Å². The Bertz CT molecular complexity index is 5010. The smallest absolute Gasteiger partial charge is 0.412 e. The van der Waals surface area contributed by atoms with E-state index in [0.717, 1.165) is 0 Å². The lowest BCUT2D eigenvalue weighted by Gasteiger charge is -2.36. The number of amides is 2. The third kappa shape index (κ3) is 12.6. The number of carboxylic acid groups (broad SMARTS) is 1. The number of aromatic hydroxyl groups is 5. The minimum atomic E-state index is -1.36. The molecular weight excluding hydrogens is 1280 g/mol. The first-order valence-corrected chi connectivity index (χ1v) is 28.7. The molecule has 6 aliphatic rings. The molecule has 24 nitrogen and oxygen atoms in total. The van der Waals surface area contributed by atoms with E-state index < -0.39 is 46.7 Å². The second-order valence-corrected chi connectivity index (χ2v) is 21.4. The van der Waals surface area contributed by atoms with E-state index in [4.69, 9.17) is 69.4 Å². The van der Waals surface area contributed by atoms with E-state index in [-0.39, 0.29) is 93.7 Å². The van der Waals surface area contributed by atoms with E-state index in [1.807, 2.05) is 0 Å². The molecule has 5 heterocycles. The lowest BCUT2D eigenvalue weighted by Crippen LogP contribution is -2.32. The Labute approximate surface area is 552 Å². The zero-order valence-electron chi connectivity index (χ0n) is 49.7. The SMILES string of the molecule is C#CCOC(=O)Cl.C#CCOC(=O)Nc1ccc(-c2c3ccc(=O)cc-3oc3cc(O)ccc23)c(C(=O)O)c1.C#CCOC(=O)Nc1ccc2c(c1)C(=O)OC21c2ccc(O)cc2Oc2cc(O)ccc21.Nc1ccc2c(c1)C(=O)OC21c2ccc(O)cc2Oc2cc(O)ccc21. The summed E-state index contributed by atoms with van der Waals surface area (Å²) in [4.78, 5) is 82.8. The number of phenols is 5. The number of ether oxygens (including phenoxy) is 7. The largest absolute Gasteiger partial charge is 0.508 e. The van der Waals surface area contributed by atoms with Crippen LogP contribution in [0.5, 0.6) is 51.7 Å². The van der Waals surface area contributed by atoms with Crippen LogP contribution < -0.4 is 31.3 Å². The van der Waals surface area contributed by atoms with Gasteiger partial charge in [-0.1, -0.05) is 36.0 Å². The fraction of sp³-hybridized carbons (Fsp3) is 0.0694. The second-order valence-electron chi connectivity index (χ2n) is 21.1. The maximum absolute atomic E-state index is 13.0. The van der Waals surface area contributed by atoms with Gasteiger partial charge in [0.05, 0.1) is 16.7 Å². The molecule has 482 valence electrons. The summed E-state index contributed by atoms with van der Waals surface area (Å²) < 4.78 is 43.0. The number of halogens is 1. The summed E-state index contributed by atoms with van der Waals surface area (Å²) in [5.74, 6) is 5.51. The van der Waals surface area contributed by atoms with Crippen molar-refractivity contribution in [2.24, 2.45) is 0 Å².